The highest BCUT2D eigenvalue weighted by Gasteiger charge is 2.21. The normalized spacial score (nSPS) is 14.9. The minimum Gasteiger partial charge on any atom is -0.493 e. The highest BCUT2D eigenvalue weighted by Crippen LogP contribution is 2.34. The molecule has 0 aliphatic heterocycles. The zero-order chi connectivity index (χ0) is 26.2. The molecule has 0 spiro atoms. The number of carbonyl (C=O) groups is 1. The molecule has 0 saturated heterocycles. The molecule has 1 heterocycles. The standard InChI is InChI=1S/C29H33N3O5/c1-19(18-33)29(34)30-17-23(13-12-21-8-4-7-11-25(21)28-31-20(2)37-32-28)22-14-15-26(35-3)27(16-22)36-24-9-5-6-10-24/h4,7-8,11,14-16,19,23-24,33H,5-6,9-10,17-18H2,1-3H3,(H,30,34)/t19-,23?/m0/s1. The van der Waals surface area contributed by atoms with Gasteiger partial charge in [-0.2, -0.15) is 4.98 Å². The number of benzene rings is 2. The molecule has 2 aromatic carbocycles. The molecule has 1 aliphatic carbocycles. The van der Waals surface area contributed by atoms with Gasteiger partial charge in [-0.05, 0) is 55.5 Å². The topological polar surface area (TPSA) is 107 Å². The molecule has 1 fully saturated rings. The third-order valence-corrected chi connectivity index (χ3v) is 6.46. The minimum absolute atomic E-state index is 0.170. The monoisotopic (exact) mass is 503 g/mol. The smallest absolute Gasteiger partial charge is 0.225 e. The number of hydrogen-bond donors (Lipinski definition) is 2. The van der Waals surface area contributed by atoms with Crippen LogP contribution in [0.3, 0.4) is 0 Å². The molecular weight excluding hydrogens is 470 g/mol. The van der Waals surface area contributed by atoms with E-state index in [-0.39, 0.29) is 31.1 Å². The van der Waals surface area contributed by atoms with Crippen molar-refractivity contribution in [2.45, 2.75) is 51.6 Å². The zero-order valence-electron chi connectivity index (χ0n) is 21.5. The van der Waals surface area contributed by atoms with Crippen molar-refractivity contribution in [3.05, 3.63) is 59.5 Å². The molecule has 2 atom stereocenters. The van der Waals surface area contributed by atoms with Crippen LogP contribution in [-0.2, 0) is 4.79 Å². The van der Waals surface area contributed by atoms with Crippen molar-refractivity contribution in [2.75, 3.05) is 20.3 Å². The fourth-order valence-electron chi connectivity index (χ4n) is 4.26. The summed E-state index contributed by atoms with van der Waals surface area (Å²) in [6, 6.07) is 13.4. The molecule has 8 nitrogen and oxygen atoms in total. The van der Waals surface area contributed by atoms with E-state index in [4.69, 9.17) is 14.0 Å². The number of ether oxygens (including phenoxy) is 2. The first-order valence-electron chi connectivity index (χ1n) is 12.6. The number of aliphatic hydroxyl groups excluding tert-OH is 1. The predicted molar refractivity (Wildman–Crippen MR) is 139 cm³/mol. The second kappa shape index (κ2) is 12.4. The van der Waals surface area contributed by atoms with Gasteiger partial charge in [0, 0.05) is 24.6 Å². The number of hydrogen-bond acceptors (Lipinski definition) is 7. The van der Waals surface area contributed by atoms with Gasteiger partial charge in [0.15, 0.2) is 11.5 Å². The van der Waals surface area contributed by atoms with Crippen LogP contribution >= 0.6 is 0 Å². The van der Waals surface area contributed by atoms with Crippen LogP contribution in [0.15, 0.2) is 47.0 Å². The fourth-order valence-corrected chi connectivity index (χ4v) is 4.26. The van der Waals surface area contributed by atoms with Crippen molar-refractivity contribution in [3.8, 4) is 34.7 Å². The summed E-state index contributed by atoms with van der Waals surface area (Å²) in [7, 11) is 1.63. The summed E-state index contributed by atoms with van der Waals surface area (Å²) in [5, 5.41) is 16.3. The van der Waals surface area contributed by atoms with E-state index in [0.717, 1.165) is 42.4 Å². The summed E-state index contributed by atoms with van der Waals surface area (Å²) in [5.41, 5.74) is 2.41. The lowest BCUT2D eigenvalue weighted by Gasteiger charge is -2.19. The molecule has 1 amide bonds. The molecule has 1 aromatic heterocycles. The molecule has 3 aromatic rings. The largest absolute Gasteiger partial charge is 0.493 e. The van der Waals surface area contributed by atoms with E-state index in [0.29, 0.717) is 23.2 Å². The number of carbonyl (C=O) groups excluding carboxylic acids is 1. The van der Waals surface area contributed by atoms with Crippen LogP contribution in [0, 0.1) is 24.7 Å². The summed E-state index contributed by atoms with van der Waals surface area (Å²) >= 11 is 0. The van der Waals surface area contributed by atoms with Gasteiger partial charge < -0.3 is 24.4 Å². The van der Waals surface area contributed by atoms with Crippen molar-refractivity contribution >= 4 is 5.91 Å². The summed E-state index contributed by atoms with van der Waals surface area (Å²) in [5.74, 6) is 7.81. The van der Waals surface area contributed by atoms with Crippen LogP contribution in [-0.4, -0.2) is 47.5 Å². The summed E-state index contributed by atoms with van der Waals surface area (Å²) in [4.78, 5) is 16.8. The zero-order valence-corrected chi connectivity index (χ0v) is 21.5. The maximum absolute atomic E-state index is 12.4. The molecule has 37 heavy (non-hydrogen) atoms. The van der Waals surface area contributed by atoms with Crippen molar-refractivity contribution in [2.24, 2.45) is 5.92 Å². The minimum atomic E-state index is -0.507. The van der Waals surface area contributed by atoms with Crippen LogP contribution < -0.4 is 14.8 Å². The van der Waals surface area contributed by atoms with Gasteiger partial charge in [-0.15, -0.1) is 0 Å². The van der Waals surface area contributed by atoms with Crippen LogP contribution in [0.25, 0.3) is 11.4 Å². The molecule has 2 N–H and O–H groups in total. The van der Waals surface area contributed by atoms with Gasteiger partial charge >= 0.3 is 0 Å². The van der Waals surface area contributed by atoms with E-state index < -0.39 is 5.92 Å². The SMILES string of the molecule is COc1ccc(C(C#Cc2ccccc2-c2noc(C)n2)CNC(=O)[C@@H](C)CO)cc1OC1CCCC1. The first-order valence-corrected chi connectivity index (χ1v) is 12.6. The summed E-state index contributed by atoms with van der Waals surface area (Å²) < 4.78 is 17.0. The third kappa shape index (κ3) is 6.69. The van der Waals surface area contributed by atoms with E-state index in [9.17, 15) is 9.90 Å². The van der Waals surface area contributed by atoms with E-state index in [2.05, 4.69) is 27.3 Å². The van der Waals surface area contributed by atoms with Gasteiger partial charge in [-0.1, -0.05) is 42.1 Å². The molecule has 0 radical (unpaired) electrons. The van der Waals surface area contributed by atoms with Gasteiger partial charge in [0.1, 0.15) is 0 Å². The Kier molecular flexibility index (Phi) is 8.81. The number of aliphatic hydroxyl groups is 1. The highest BCUT2D eigenvalue weighted by atomic mass is 16.5. The second-order valence-electron chi connectivity index (χ2n) is 9.27. The molecule has 194 valence electrons. The molecule has 1 saturated carbocycles. The Labute approximate surface area is 217 Å². The maximum Gasteiger partial charge on any atom is 0.225 e. The van der Waals surface area contributed by atoms with Gasteiger partial charge in [0.2, 0.25) is 17.6 Å². The van der Waals surface area contributed by atoms with Gasteiger partial charge in [-0.25, -0.2) is 0 Å². The Balaban J connectivity index is 1.67. The highest BCUT2D eigenvalue weighted by molar-refractivity contribution is 5.78. The molecule has 0 bridgehead atoms. The molecule has 1 unspecified atom stereocenters. The molecule has 4 rings (SSSR count). The Morgan fingerprint density at radius 1 is 1.22 bits per heavy atom. The summed E-state index contributed by atoms with van der Waals surface area (Å²) in [6.45, 7) is 3.47. The van der Waals surface area contributed by atoms with Crippen molar-refractivity contribution < 1.29 is 23.9 Å². The van der Waals surface area contributed by atoms with Gasteiger partial charge in [0.05, 0.1) is 31.7 Å². The Morgan fingerprint density at radius 2 is 2.00 bits per heavy atom. The number of nitrogens with one attached hydrogen (secondary N) is 1. The van der Waals surface area contributed by atoms with Crippen LogP contribution in [0.5, 0.6) is 11.5 Å². The Morgan fingerprint density at radius 3 is 2.70 bits per heavy atom. The number of aryl methyl sites for hydroxylation is 1. The lowest BCUT2D eigenvalue weighted by molar-refractivity contribution is -0.125. The average molecular weight is 504 g/mol. The number of methoxy groups -OCH3 is 1. The van der Waals surface area contributed by atoms with E-state index in [1.807, 2.05) is 42.5 Å². The summed E-state index contributed by atoms with van der Waals surface area (Å²) in [6.07, 6.45) is 4.55. The molecule has 1 aliphatic rings. The second-order valence-corrected chi connectivity index (χ2v) is 9.27. The van der Waals surface area contributed by atoms with Crippen molar-refractivity contribution in [3.63, 3.8) is 0 Å². The van der Waals surface area contributed by atoms with Gasteiger partial charge in [0.25, 0.3) is 0 Å². The van der Waals surface area contributed by atoms with Crippen LogP contribution in [0.2, 0.25) is 0 Å². The maximum atomic E-state index is 12.4. The number of amides is 1. The quantitative estimate of drug-likeness (QED) is 0.420. The van der Waals surface area contributed by atoms with E-state index >= 15 is 0 Å². The average Bonchev–Trinajstić information content (AvgIpc) is 3.60. The Hall–Kier alpha value is -3.83. The fraction of sp³-hybridized carbons (Fsp3) is 0.414. The molecular formula is C29H33N3O5. The van der Waals surface area contributed by atoms with Crippen LogP contribution in [0.4, 0.5) is 0 Å². The predicted octanol–water partition coefficient (Wildman–Crippen LogP) is 4.25. The first-order chi connectivity index (χ1) is 18.0. The van der Waals surface area contributed by atoms with Crippen molar-refractivity contribution in [1.29, 1.82) is 0 Å². The number of nitrogens with zero attached hydrogens (tertiary/aromatic N) is 2. The van der Waals surface area contributed by atoms with Crippen molar-refractivity contribution in [1.82, 2.24) is 15.5 Å². The number of aromatic nitrogens is 2. The van der Waals surface area contributed by atoms with E-state index in [1.165, 1.54) is 0 Å². The number of rotatable bonds is 9. The first kappa shape index (κ1) is 26.2. The molecule has 8 heteroatoms. The third-order valence-electron chi connectivity index (χ3n) is 6.46. The van der Waals surface area contributed by atoms with E-state index in [1.54, 1.807) is 21.0 Å². The lowest BCUT2D eigenvalue weighted by Crippen LogP contribution is -2.33. The van der Waals surface area contributed by atoms with Crippen LogP contribution in [0.1, 0.15) is 55.5 Å². The van der Waals surface area contributed by atoms with Gasteiger partial charge in [-0.3, -0.25) is 4.79 Å². The lowest BCUT2D eigenvalue weighted by atomic mass is 9.97. The Bertz CT molecular complexity index is 1270.